The number of halogens is 2. The van der Waals surface area contributed by atoms with Crippen molar-refractivity contribution in [3.63, 3.8) is 0 Å². The zero-order valence-electron chi connectivity index (χ0n) is 10.4. The molecule has 0 fully saturated rings. The van der Waals surface area contributed by atoms with Gasteiger partial charge in [0.25, 0.3) is 0 Å². The summed E-state index contributed by atoms with van der Waals surface area (Å²) in [4.78, 5) is 13.3. The van der Waals surface area contributed by atoms with Gasteiger partial charge in [-0.15, -0.1) is 0 Å². The maximum Gasteiger partial charge on any atom is 0.239 e. The lowest BCUT2D eigenvalue weighted by molar-refractivity contribution is -0.120. The first-order valence-electron chi connectivity index (χ1n) is 5.54. The Morgan fingerprint density at radius 2 is 2.22 bits per heavy atom. The van der Waals surface area contributed by atoms with Crippen LogP contribution in [0, 0.1) is 5.82 Å². The van der Waals surface area contributed by atoms with Gasteiger partial charge in [-0.2, -0.15) is 0 Å². The number of nitrogens with two attached hydrogens (primary N) is 1. The van der Waals surface area contributed by atoms with E-state index in [1.54, 1.807) is 0 Å². The van der Waals surface area contributed by atoms with Gasteiger partial charge in [-0.1, -0.05) is 17.7 Å². The number of benzene rings is 1. The van der Waals surface area contributed by atoms with Gasteiger partial charge in [-0.05, 0) is 26.2 Å². The van der Waals surface area contributed by atoms with Crippen LogP contribution in [0.3, 0.4) is 0 Å². The van der Waals surface area contributed by atoms with Crippen molar-refractivity contribution < 1.29 is 9.18 Å². The van der Waals surface area contributed by atoms with Gasteiger partial charge in [0.05, 0.1) is 0 Å². The number of carbonyl (C=O) groups is 1. The van der Waals surface area contributed by atoms with Gasteiger partial charge in [0.1, 0.15) is 11.9 Å². The van der Waals surface area contributed by atoms with E-state index in [9.17, 15) is 9.18 Å². The third kappa shape index (κ3) is 4.25. The topological polar surface area (TPSA) is 58.4 Å². The predicted octanol–water partition coefficient (Wildman–Crippen LogP) is 1.16. The minimum atomic E-state index is -0.845. The molecule has 0 heterocycles. The van der Waals surface area contributed by atoms with Crippen LogP contribution in [0.15, 0.2) is 18.2 Å². The summed E-state index contributed by atoms with van der Waals surface area (Å²) >= 11 is 5.66. The molecule has 4 nitrogen and oxygen atoms in total. The highest BCUT2D eigenvalue weighted by molar-refractivity contribution is 6.30. The van der Waals surface area contributed by atoms with E-state index in [2.05, 4.69) is 5.32 Å². The molecule has 0 aromatic heterocycles. The van der Waals surface area contributed by atoms with Gasteiger partial charge in [-0.3, -0.25) is 4.79 Å². The van der Waals surface area contributed by atoms with Crippen LogP contribution in [-0.4, -0.2) is 38.0 Å². The number of primary amides is 1. The molecule has 0 aliphatic carbocycles. The van der Waals surface area contributed by atoms with Crippen LogP contribution in [-0.2, 0) is 4.79 Å². The third-order valence-corrected chi connectivity index (χ3v) is 2.70. The Hall–Kier alpha value is -1.17. The van der Waals surface area contributed by atoms with Crippen molar-refractivity contribution in [2.24, 2.45) is 5.73 Å². The van der Waals surface area contributed by atoms with Gasteiger partial charge < -0.3 is 16.0 Å². The number of nitrogens with one attached hydrogen (secondary N) is 1. The molecular weight excluding hydrogens is 257 g/mol. The van der Waals surface area contributed by atoms with Crippen molar-refractivity contribution in [3.05, 3.63) is 34.6 Å². The quantitative estimate of drug-likeness (QED) is 0.818. The summed E-state index contributed by atoms with van der Waals surface area (Å²) in [5.74, 6) is -1.15. The molecule has 1 aromatic carbocycles. The Kier molecular flexibility index (Phi) is 5.53. The van der Waals surface area contributed by atoms with Crippen LogP contribution in [0.25, 0.3) is 0 Å². The molecule has 3 N–H and O–H groups in total. The highest BCUT2D eigenvalue weighted by Gasteiger charge is 2.20. The summed E-state index contributed by atoms with van der Waals surface area (Å²) in [6.45, 7) is 1.25. The van der Waals surface area contributed by atoms with Gasteiger partial charge >= 0.3 is 0 Å². The van der Waals surface area contributed by atoms with E-state index >= 15 is 0 Å². The second-order valence-electron chi connectivity index (χ2n) is 4.26. The van der Waals surface area contributed by atoms with Gasteiger partial charge in [-0.25, -0.2) is 4.39 Å². The average Bonchev–Trinajstić information content (AvgIpc) is 2.25. The molecule has 0 radical (unpaired) electrons. The van der Waals surface area contributed by atoms with E-state index in [-0.39, 0.29) is 10.6 Å². The standard InChI is InChI=1S/C12H17ClFN3O/c1-17(2)6-5-16-11(12(15)18)9-4-3-8(13)7-10(9)14/h3-4,7,11,16H,5-6H2,1-2H3,(H2,15,18). The molecule has 1 amide bonds. The molecule has 0 aliphatic rings. The second-order valence-corrected chi connectivity index (χ2v) is 4.70. The van der Waals surface area contributed by atoms with E-state index in [1.165, 1.54) is 18.2 Å². The first-order valence-corrected chi connectivity index (χ1v) is 5.92. The van der Waals surface area contributed by atoms with Crippen molar-refractivity contribution in [1.29, 1.82) is 0 Å². The fourth-order valence-corrected chi connectivity index (χ4v) is 1.69. The maximum atomic E-state index is 13.7. The molecule has 0 saturated heterocycles. The molecule has 100 valence electrons. The largest absolute Gasteiger partial charge is 0.368 e. The molecule has 1 aromatic rings. The SMILES string of the molecule is CN(C)CCNC(C(N)=O)c1ccc(Cl)cc1F. The van der Waals surface area contributed by atoms with Crippen LogP contribution in [0.5, 0.6) is 0 Å². The second kappa shape index (κ2) is 6.68. The van der Waals surface area contributed by atoms with E-state index in [0.29, 0.717) is 6.54 Å². The smallest absolute Gasteiger partial charge is 0.239 e. The molecule has 0 aliphatic heterocycles. The molecule has 1 unspecified atom stereocenters. The Bertz CT molecular complexity index is 426. The number of rotatable bonds is 6. The minimum Gasteiger partial charge on any atom is -0.368 e. The van der Waals surface area contributed by atoms with Crippen LogP contribution in [0.2, 0.25) is 5.02 Å². The summed E-state index contributed by atoms with van der Waals surface area (Å²) in [5, 5.41) is 3.21. The summed E-state index contributed by atoms with van der Waals surface area (Å²) in [7, 11) is 3.81. The van der Waals surface area contributed by atoms with Crippen molar-refractivity contribution in [1.82, 2.24) is 10.2 Å². The van der Waals surface area contributed by atoms with E-state index in [1.807, 2.05) is 19.0 Å². The van der Waals surface area contributed by atoms with Crippen molar-refractivity contribution in [2.75, 3.05) is 27.2 Å². The van der Waals surface area contributed by atoms with Gasteiger partial charge in [0.2, 0.25) is 5.91 Å². The van der Waals surface area contributed by atoms with Crippen molar-refractivity contribution >= 4 is 17.5 Å². The Labute approximate surface area is 111 Å². The summed E-state index contributed by atoms with van der Waals surface area (Å²) in [5.41, 5.74) is 5.49. The fourth-order valence-electron chi connectivity index (χ4n) is 1.53. The van der Waals surface area contributed by atoms with Crippen molar-refractivity contribution in [3.8, 4) is 0 Å². The number of likely N-dealkylation sites (N-methyl/N-ethyl adjacent to an activating group) is 1. The molecule has 0 spiro atoms. The third-order valence-electron chi connectivity index (χ3n) is 2.47. The van der Waals surface area contributed by atoms with Gasteiger partial charge in [0.15, 0.2) is 0 Å². The van der Waals surface area contributed by atoms with E-state index in [0.717, 1.165) is 6.54 Å². The molecular formula is C12H17ClFN3O. The molecule has 0 bridgehead atoms. The minimum absolute atomic E-state index is 0.214. The van der Waals surface area contributed by atoms with Crippen LogP contribution >= 0.6 is 11.6 Å². The molecule has 18 heavy (non-hydrogen) atoms. The van der Waals surface area contributed by atoms with Crippen LogP contribution < -0.4 is 11.1 Å². The number of hydrogen-bond donors (Lipinski definition) is 2. The van der Waals surface area contributed by atoms with Gasteiger partial charge in [0, 0.05) is 23.7 Å². The number of amides is 1. The molecule has 0 saturated carbocycles. The lowest BCUT2D eigenvalue weighted by Gasteiger charge is -2.18. The summed E-state index contributed by atoms with van der Waals surface area (Å²) in [6.07, 6.45) is 0. The maximum absolute atomic E-state index is 13.7. The number of nitrogens with zero attached hydrogens (tertiary/aromatic N) is 1. The fraction of sp³-hybridized carbons (Fsp3) is 0.417. The summed E-state index contributed by atoms with van der Waals surface area (Å²) in [6, 6.07) is 3.32. The Morgan fingerprint density at radius 1 is 1.56 bits per heavy atom. The zero-order chi connectivity index (χ0) is 13.7. The van der Waals surface area contributed by atoms with Crippen LogP contribution in [0.4, 0.5) is 4.39 Å². The van der Waals surface area contributed by atoms with E-state index in [4.69, 9.17) is 17.3 Å². The monoisotopic (exact) mass is 273 g/mol. The number of hydrogen-bond acceptors (Lipinski definition) is 3. The highest BCUT2D eigenvalue weighted by atomic mass is 35.5. The van der Waals surface area contributed by atoms with Crippen molar-refractivity contribution in [2.45, 2.75) is 6.04 Å². The average molecular weight is 274 g/mol. The normalized spacial score (nSPS) is 12.7. The Balaban J connectivity index is 2.81. The van der Waals surface area contributed by atoms with Crippen LogP contribution in [0.1, 0.15) is 11.6 Å². The number of carbonyl (C=O) groups excluding carboxylic acids is 1. The lowest BCUT2D eigenvalue weighted by Crippen LogP contribution is -2.37. The summed E-state index contributed by atoms with van der Waals surface area (Å²) < 4.78 is 13.7. The first kappa shape index (κ1) is 14.9. The lowest BCUT2D eigenvalue weighted by atomic mass is 10.1. The first-order chi connectivity index (χ1) is 8.41. The molecule has 6 heteroatoms. The van der Waals surface area contributed by atoms with E-state index < -0.39 is 17.8 Å². The Morgan fingerprint density at radius 3 is 2.72 bits per heavy atom. The zero-order valence-corrected chi connectivity index (χ0v) is 11.2. The molecule has 1 rings (SSSR count). The molecule has 1 atom stereocenters. The highest BCUT2D eigenvalue weighted by Crippen LogP contribution is 2.20. The predicted molar refractivity (Wildman–Crippen MR) is 69.9 cm³/mol.